The minimum absolute atomic E-state index is 0.0386. The Balaban J connectivity index is 2.43. The quantitative estimate of drug-likeness (QED) is 0.697. The van der Waals surface area contributed by atoms with Crippen LogP contribution in [0.5, 0.6) is 5.88 Å². The zero-order valence-electron chi connectivity index (χ0n) is 8.99. The van der Waals surface area contributed by atoms with Crippen molar-refractivity contribution in [3.05, 3.63) is 17.7 Å². The molecule has 1 aliphatic rings. The molecule has 0 bridgehead atoms. The van der Waals surface area contributed by atoms with E-state index in [0.717, 1.165) is 30.8 Å². The lowest BCUT2D eigenvalue weighted by atomic mass is 10.1. The summed E-state index contributed by atoms with van der Waals surface area (Å²) in [5, 5.41) is 0. The zero-order chi connectivity index (χ0) is 10.8. The van der Waals surface area contributed by atoms with Gasteiger partial charge < -0.3 is 4.74 Å². The van der Waals surface area contributed by atoms with Crippen molar-refractivity contribution in [3.63, 3.8) is 0 Å². The van der Waals surface area contributed by atoms with Gasteiger partial charge in [0.2, 0.25) is 11.8 Å². The average molecular weight is 206 g/mol. The summed E-state index contributed by atoms with van der Waals surface area (Å²) < 4.78 is 5.06. The van der Waals surface area contributed by atoms with Gasteiger partial charge in [-0.05, 0) is 24.5 Å². The van der Waals surface area contributed by atoms with E-state index in [4.69, 9.17) is 4.74 Å². The van der Waals surface area contributed by atoms with Crippen LogP contribution in [0.15, 0.2) is 12.1 Å². The molecule has 80 valence electrons. The maximum absolute atomic E-state index is 11.4. The van der Waals surface area contributed by atoms with Crippen molar-refractivity contribution < 1.29 is 9.53 Å². The summed E-state index contributed by atoms with van der Waals surface area (Å²) in [5.74, 6) is 1.35. The molecule has 0 N–H and O–H groups in total. The van der Waals surface area contributed by atoms with E-state index in [1.165, 1.54) is 0 Å². The summed E-state index contributed by atoms with van der Waals surface area (Å²) in [6.07, 6.45) is 1.98. The van der Waals surface area contributed by atoms with Crippen LogP contribution >= 0.6 is 0 Å². The summed E-state index contributed by atoms with van der Waals surface area (Å²) in [7, 11) is 1.58. The second-order valence-corrected chi connectivity index (χ2v) is 3.61. The molecule has 0 fully saturated rings. The van der Waals surface area contributed by atoms with Gasteiger partial charge in [0.1, 0.15) is 5.82 Å². The number of aromatic nitrogens is 1. The third-order valence-electron chi connectivity index (χ3n) is 2.60. The van der Waals surface area contributed by atoms with Crippen LogP contribution in [0.1, 0.15) is 18.9 Å². The van der Waals surface area contributed by atoms with E-state index in [0.29, 0.717) is 5.88 Å². The van der Waals surface area contributed by atoms with Crippen LogP contribution in [-0.4, -0.2) is 24.5 Å². The van der Waals surface area contributed by atoms with Crippen LogP contribution in [0.2, 0.25) is 0 Å². The molecular weight excluding hydrogens is 192 g/mol. The maximum atomic E-state index is 11.4. The van der Waals surface area contributed by atoms with Gasteiger partial charge in [-0.3, -0.25) is 9.69 Å². The Labute approximate surface area is 88.9 Å². The molecule has 0 unspecified atom stereocenters. The minimum Gasteiger partial charge on any atom is -0.481 e. The van der Waals surface area contributed by atoms with Gasteiger partial charge in [0.25, 0.3) is 0 Å². The topological polar surface area (TPSA) is 42.4 Å². The molecule has 1 amide bonds. The van der Waals surface area contributed by atoms with Crippen LogP contribution in [0.25, 0.3) is 0 Å². The molecule has 1 aromatic heterocycles. The lowest BCUT2D eigenvalue weighted by molar-refractivity contribution is -0.116. The van der Waals surface area contributed by atoms with Gasteiger partial charge in [0, 0.05) is 19.5 Å². The molecule has 0 aliphatic carbocycles. The first kappa shape index (κ1) is 9.96. The Bertz CT molecular complexity index is 390. The van der Waals surface area contributed by atoms with Gasteiger partial charge in [-0.25, -0.2) is 0 Å². The summed E-state index contributed by atoms with van der Waals surface area (Å²) in [4.78, 5) is 17.4. The fourth-order valence-electron chi connectivity index (χ4n) is 1.84. The largest absolute Gasteiger partial charge is 0.481 e. The Morgan fingerprint density at radius 3 is 3.00 bits per heavy atom. The first-order chi connectivity index (χ1) is 7.22. The fourth-order valence-corrected chi connectivity index (χ4v) is 1.84. The van der Waals surface area contributed by atoms with Crippen LogP contribution in [0.3, 0.4) is 0 Å². The highest BCUT2D eigenvalue weighted by Crippen LogP contribution is 2.27. The van der Waals surface area contributed by atoms with Crippen LogP contribution < -0.4 is 9.64 Å². The van der Waals surface area contributed by atoms with E-state index < -0.39 is 0 Å². The first-order valence-corrected chi connectivity index (χ1v) is 5.04. The number of pyridine rings is 1. The molecule has 0 saturated carbocycles. The fraction of sp³-hybridized carbons (Fsp3) is 0.455. The number of anilines is 1. The summed E-state index contributed by atoms with van der Waals surface area (Å²) >= 11 is 0. The molecule has 4 heteroatoms. The van der Waals surface area contributed by atoms with E-state index in [9.17, 15) is 4.79 Å². The first-order valence-electron chi connectivity index (χ1n) is 5.04. The van der Waals surface area contributed by atoms with E-state index in [2.05, 4.69) is 4.98 Å². The third kappa shape index (κ3) is 1.79. The molecule has 0 radical (unpaired) electrons. The molecule has 4 nitrogen and oxygen atoms in total. The van der Waals surface area contributed by atoms with Gasteiger partial charge in [-0.15, -0.1) is 0 Å². The van der Waals surface area contributed by atoms with Crippen LogP contribution in [0, 0.1) is 0 Å². The van der Waals surface area contributed by atoms with Crippen molar-refractivity contribution in [3.8, 4) is 5.88 Å². The van der Waals surface area contributed by atoms with Crippen molar-refractivity contribution in [2.45, 2.75) is 19.8 Å². The molecular formula is C11H14N2O2. The summed E-state index contributed by atoms with van der Waals surface area (Å²) in [6, 6.07) is 3.82. The standard InChI is InChI=1S/C11H14N2O2/c1-8(14)13-7-3-4-9-5-6-10(15-2)12-11(9)13/h5-6H,3-4,7H2,1-2H3. The SMILES string of the molecule is COc1ccc2c(n1)N(C(C)=O)CCC2. The number of ether oxygens (including phenoxy) is 1. The monoisotopic (exact) mass is 206 g/mol. The molecule has 0 aromatic carbocycles. The number of hydrogen-bond donors (Lipinski definition) is 0. The lowest BCUT2D eigenvalue weighted by Crippen LogP contribution is -2.34. The number of rotatable bonds is 1. The van der Waals surface area contributed by atoms with Gasteiger partial charge in [-0.2, -0.15) is 4.98 Å². The number of methoxy groups -OCH3 is 1. The predicted octanol–water partition coefficient (Wildman–Crippen LogP) is 1.39. The normalized spacial score (nSPS) is 14.7. The van der Waals surface area contributed by atoms with Gasteiger partial charge in [0.05, 0.1) is 7.11 Å². The average Bonchev–Trinajstić information content (AvgIpc) is 2.27. The smallest absolute Gasteiger partial charge is 0.225 e. The van der Waals surface area contributed by atoms with Crippen molar-refractivity contribution >= 4 is 11.7 Å². The van der Waals surface area contributed by atoms with Crippen LogP contribution in [0.4, 0.5) is 5.82 Å². The number of carbonyl (C=O) groups is 1. The Morgan fingerprint density at radius 2 is 2.33 bits per heavy atom. The molecule has 0 atom stereocenters. The molecule has 15 heavy (non-hydrogen) atoms. The second-order valence-electron chi connectivity index (χ2n) is 3.61. The van der Waals surface area contributed by atoms with E-state index in [1.54, 1.807) is 18.9 Å². The molecule has 1 aromatic rings. The van der Waals surface area contributed by atoms with Crippen molar-refractivity contribution in [1.82, 2.24) is 4.98 Å². The number of aryl methyl sites for hydroxylation is 1. The van der Waals surface area contributed by atoms with Crippen molar-refractivity contribution in [1.29, 1.82) is 0 Å². The van der Waals surface area contributed by atoms with Crippen LogP contribution in [-0.2, 0) is 11.2 Å². The number of nitrogens with zero attached hydrogens (tertiary/aromatic N) is 2. The van der Waals surface area contributed by atoms with Crippen molar-refractivity contribution in [2.75, 3.05) is 18.6 Å². The van der Waals surface area contributed by atoms with Gasteiger partial charge in [-0.1, -0.05) is 0 Å². The lowest BCUT2D eigenvalue weighted by Gasteiger charge is -2.27. The highest BCUT2D eigenvalue weighted by atomic mass is 16.5. The minimum atomic E-state index is 0.0386. The number of carbonyl (C=O) groups excluding carboxylic acids is 1. The molecule has 0 saturated heterocycles. The van der Waals surface area contributed by atoms with E-state index in [-0.39, 0.29) is 5.91 Å². The Morgan fingerprint density at radius 1 is 1.53 bits per heavy atom. The molecule has 0 spiro atoms. The van der Waals surface area contributed by atoms with Crippen molar-refractivity contribution in [2.24, 2.45) is 0 Å². The summed E-state index contributed by atoms with van der Waals surface area (Å²) in [5.41, 5.74) is 1.12. The third-order valence-corrected chi connectivity index (χ3v) is 2.60. The molecule has 1 aliphatic heterocycles. The Kier molecular flexibility index (Phi) is 2.58. The summed E-state index contributed by atoms with van der Waals surface area (Å²) in [6.45, 7) is 2.32. The van der Waals surface area contributed by atoms with Gasteiger partial charge in [0.15, 0.2) is 0 Å². The predicted molar refractivity (Wildman–Crippen MR) is 57.1 cm³/mol. The number of fused-ring (bicyclic) bond motifs is 1. The molecule has 2 heterocycles. The van der Waals surface area contributed by atoms with Gasteiger partial charge >= 0.3 is 0 Å². The highest BCUT2D eigenvalue weighted by molar-refractivity contribution is 5.91. The number of hydrogen-bond acceptors (Lipinski definition) is 3. The Hall–Kier alpha value is -1.58. The zero-order valence-corrected chi connectivity index (χ0v) is 8.99. The van der Waals surface area contributed by atoms with E-state index >= 15 is 0 Å². The molecule has 2 rings (SSSR count). The maximum Gasteiger partial charge on any atom is 0.225 e. The number of amides is 1. The van der Waals surface area contributed by atoms with E-state index in [1.807, 2.05) is 12.1 Å². The highest BCUT2D eigenvalue weighted by Gasteiger charge is 2.21. The second kappa shape index (κ2) is 3.88.